The monoisotopic (exact) mass is 510 g/mol. The van der Waals surface area contributed by atoms with Crippen molar-refractivity contribution in [2.75, 3.05) is 33.4 Å². The first-order valence-corrected chi connectivity index (χ1v) is 12.8. The van der Waals surface area contributed by atoms with E-state index in [9.17, 15) is 9.90 Å². The number of carbonyl (C=O) groups excluding carboxylic acids is 1. The van der Waals surface area contributed by atoms with E-state index in [1.54, 1.807) is 0 Å². The molecular weight excluding hydrogens is 472 g/mol. The van der Waals surface area contributed by atoms with Gasteiger partial charge < -0.3 is 29.7 Å². The molecule has 3 rings (SSSR count). The van der Waals surface area contributed by atoms with Crippen LogP contribution in [0.15, 0.2) is 34.9 Å². The Labute approximate surface area is 218 Å². The van der Waals surface area contributed by atoms with Crippen LogP contribution in [-0.2, 0) is 24.2 Å². The molecule has 3 aromatic rings. The predicted molar refractivity (Wildman–Crippen MR) is 142 cm³/mol. The van der Waals surface area contributed by atoms with Gasteiger partial charge in [0.05, 0.1) is 0 Å². The summed E-state index contributed by atoms with van der Waals surface area (Å²) in [6.07, 6.45) is 0.727. The van der Waals surface area contributed by atoms with Crippen LogP contribution in [0.4, 0.5) is 0 Å². The maximum atomic E-state index is 11.2. The summed E-state index contributed by atoms with van der Waals surface area (Å²) in [6, 6.07) is 10.2. The second-order valence-corrected chi connectivity index (χ2v) is 9.15. The Hall–Kier alpha value is -3.27. The standard InChI is InChI=1S/C28H38N4O5/c1-6-19-12-21(9-10-22(19)15-32(5)8-3)28-30-27(31-37-28)23-11-18(4)26(20(7-2)13-23)36-17-24(34)14-29-25(35)16-33/h9-13,24,33-34H,6-8,14-17H2,1-5H3,(H,29,35)/t24-/m0/s1. The number of benzene rings is 2. The number of rotatable bonds is 13. The molecule has 1 heterocycles. The maximum Gasteiger partial charge on any atom is 0.258 e. The fraction of sp³-hybridized carbons (Fsp3) is 0.464. The molecule has 0 saturated heterocycles. The molecule has 3 N–H and O–H groups in total. The fourth-order valence-corrected chi connectivity index (χ4v) is 4.07. The molecule has 1 atom stereocenters. The van der Waals surface area contributed by atoms with Gasteiger partial charge in [-0.3, -0.25) is 4.79 Å². The van der Waals surface area contributed by atoms with Crippen LogP contribution in [0.1, 0.15) is 43.0 Å². The van der Waals surface area contributed by atoms with Crippen molar-refractivity contribution < 1.29 is 24.3 Å². The predicted octanol–water partition coefficient (Wildman–Crippen LogP) is 3.14. The molecule has 2 aromatic carbocycles. The molecule has 0 aliphatic rings. The number of hydrogen-bond donors (Lipinski definition) is 3. The maximum absolute atomic E-state index is 11.2. The van der Waals surface area contributed by atoms with E-state index in [0.717, 1.165) is 41.8 Å². The van der Waals surface area contributed by atoms with Gasteiger partial charge in [0.15, 0.2) is 0 Å². The Bertz CT molecular complexity index is 1190. The van der Waals surface area contributed by atoms with Crippen LogP contribution in [0.2, 0.25) is 0 Å². The molecule has 37 heavy (non-hydrogen) atoms. The lowest BCUT2D eigenvalue weighted by molar-refractivity contribution is -0.124. The summed E-state index contributed by atoms with van der Waals surface area (Å²) in [5, 5.41) is 25.5. The van der Waals surface area contributed by atoms with Crippen LogP contribution >= 0.6 is 0 Å². The first-order chi connectivity index (χ1) is 17.8. The van der Waals surface area contributed by atoms with E-state index in [4.69, 9.17) is 14.4 Å². The summed E-state index contributed by atoms with van der Waals surface area (Å²) >= 11 is 0. The molecule has 0 aliphatic heterocycles. The minimum atomic E-state index is -0.902. The van der Waals surface area contributed by atoms with Crippen molar-refractivity contribution in [2.45, 2.75) is 53.2 Å². The van der Waals surface area contributed by atoms with Crippen molar-refractivity contribution in [2.24, 2.45) is 0 Å². The molecule has 1 amide bonds. The Kier molecular flexibility index (Phi) is 10.2. The van der Waals surface area contributed by atoms with Gasteiger partial charge in [0.2, 0.25) is 11.7 Å². The summed E-state index contributed by atoms with van der Waals surface area (Å²) in [6.45, 7) is 9.53. The molecule has 0 radical (unpaired) electrons. The van der Waals surface area contributed by atoms with Gasteiger partial charge in [-0.05, 0) is 79.9 Å². The molecule has 0 bridgehead atoms. The average Bonchev–Trinajstić information content (AvgIpc) is 3.41. The molecule has 0 spiro atoms. The lowest BCUT2D eigenvalue weighted by Gasteiger charge is -2.17. The van der Waals surface area contributed by atoms with Crippen LogP contribution in [0.3, 0.4) is 0 Å². The van der Waals surface area contributed by atoms with Crippen molar-refractivity contribution in [3.05, 3.63) is 52.6 Å². The first-order valence-electron chi connectivity index (χ1n) is 12.8. The highest BCUT2D eigenvalue weighted by molar-refractivity contribution is 5.76. The van der Waals surface area contributed by atoms with Gasteiger partial charge in [0.25, 0.3) is 5.89 Å². The summed E-state index contributed by atoms with van der Waals surface area (Å²) in [4.78, 5) is 18.1. The molecule has 0 unspecified atom stereocenters. The van der Waals surface area contributed by atoms with E-state index in [1.165, 1.54) is 11.1 Å². The highest BCUT2D eigenvalue weighted by atomic mass is 16.5. The molecule has 0 aliphatic carbocycles. The minimum absolute atomic E-state index is 0.000349. The lowest BCUT2D eigenvalue weighted by Crippen LogP contribution is -2.36. The zero-order chi connectivity index (χ0) is 26.9. The van der Waals surface area contributed by atoms with E-state index >= 15 is 0 Å². The van der Waals surface area contributed by atoms with E-state index in [2.05, 4.69) is 53.4 Å². The number of aliphatic hydroxyl groups excluding tert-OH is 2. The highest BCUT2D eigenvalue weighted by Crippen LogP contribution is 2.31. The summed E-state index contributed by atoms with van der Waals surface area (Å²) in [5.41, 5.74) is 6.12. The van der Waals surface area contributed by atoms with E-state index in [1.807, 2.05) is 32.0 Å². The third kappa shape index (κ3) is 7.38. The van der Waals surface area contributed by atoms with Crippen LogP contribution < -0.4 is 10.1 Å². The third-order valence-corrected chi connectivity index (χ3v) is 6.33. The topological polar surface area (TPSA) is 121 Å². The quantitative estimate of drug-likeness (QED) is 0.321. The molecule has 0 fully saturated rings. The first kappa shape index (κ1) is 28.3. The fourth-order valence-electron chi connectivity index (χ4n) is 4.07. The highest BCUT2D eigenvalue weighted by Gasteiger charge is 2.17. The second-order valence-electron chi connectivity index (χ2n) is 9.15. The van der Waals surface area contributed by atoms with Gasteiger partial charge in [0, 0.05) is 24.2 Å². The molecule has 0 saturated carbocycles. The largest absolute Gasteiger partial charge is 0.490 e. The van der Waals surface area contributed by atoms with E-state index < -0.39 is 18.6 Å². The number of hydrogen-bond acceptors (Lipinski definition) is 8. The number of nitrogens with zero attached hydrogens (tertiary/aromatic N) is 3. The number of nitrogens with one attached hydrogen (secondary N) is 1. The van der Waals surface area contributed by atoms with Gasteiger partial charge in [-0.1, -0.05) is 32.0 Å². The number of aryl methyl sites for hydroxylation is 3. The number of aliphatic hydroxyl groups is 2. The van der Waals surface area contributed by atoms with Crippen LogP contribution in [0.5, 0.6) is 5.75 Å². The normalized spacial score (nSPS) is 12.1. The van der Waals surface area contributed by atoms with Crippen molar-refractivity contribution in [1.29, 1.82) is 0 Å². The van der Waals surface area contributed by atoms with Crippen LogP contribution in [-0.4, -0.2) is 70.6 Å². The summed E-state index contributed by atoms with van der Waals surface area (Å²) in [7, 11) is 2.11. The Morgan fingerprint density at radius 3 is 2.51 bits per heavy atom. The number of aromatic nitrogens is 2. The van der Waals surface area contributed by atoms with Crippen LogP contribution in [0, 0.1) is 6.92 Å². The van der Waals surface area contributed by atoms with Crippen LogP contribution in [0.25, 0.3) is 22.8 Å². The van der Waals surface area contributed by atoms with E-state index in [0.29, 0.717) is 23.9 Å². The number of ether oxygens (including phenoxy) is 1. The Morgan fingerprint density at radius 2 is 1.84 bits per heavy atom. The summed E-state index contributed by atoms with van der Waals surface area (Å²) in [5.74, 6) is 1.12. The second kappa shape index (κ2) is 13.3. The van der Waals surface area contributed by atoms with Crippen molar-refractivity contribution in [3.8, 4) is 28.6 Å². The van der Waals surface area contributed by atoms with Gasteiger partial charge in [-0.25, -0.2) is 0 Å². The molecule has 1 aromatic heterocycles. The van der Waals surface area contributed by atoms with E-state index in [-0.39, 0.29) is 13.2 Å². The van der Waals surface area contributed by atoms with Crippen molar-refractivity contribution in [3.63, 3.8) is 0 Å². The molecule has 200 valence electrons. The van der Waals surface area contributed by atoms with Gasteiger partial charge in [0.1, 0.15) is 25.1 Å². The van der Waals surface area contributed by atoms with Gasteiger partial charge in [-0.2, -0.15) is 4.98 Å². The lowest BCUT2D eigenvalue weighted by atomic mass is 10.0. The van der Waals surface area contributed by atoms with Gasteiger partial charge >= 0.3 is 0 Å². The minimum Gasteiger partial charge on any atom is -0.490 e. The number of carbonyl (C=O) groups is 1. The zero-order valence-electron chi connectivity index (χ0n) is 22.4. The average molecular weight is 511 g/mol. The smallest absolute Gasteiger partial charge is 0.258 e. The molecule has 9 heteroatoms. The Morgan fingerprint density at radius 1 is 1.11 bits per heavy atom. The van der Waals surface area contributed by atoms with Gasteiger partial charge in [-0.15, -0.1) is 0 Å². The Balaban J connectivity index is 1.78. The van der Waals surface area contributed by atoms with Crippen molar-refractivity contribution >= 4 is 5.91 Å². The molecule has 9 nitrogen and oxygen atoms in total. The number of amides is 1. The molecular formula is C28H38N4O5. The summed E-state index contributed by atoms with van der Waals surface area (Å²) < 4.78 is 11.5. The third-order valence-electron chi connectivity index (χ3n) is 6.33. The zero-order valence-corrected chi connectivity index (χ0v) is 22.4. The van der Waals surface area contributed by atoms with Crippen molar-refractivity contribution in [1.82, 2.24) is 20.4 Å². The SMILES string of the molecule is CCc1cc(-c2nc(-c3cc(C)c(OC[C@@H](O)CNC(=O)CO)c(CC)c3)no2)ccc1CN(C)CC.